The van der Waals surface area contributed by atoms with Gasteiger partial charge in [0, 0.05) is 19.3 Å². The van der Waals surface area contributed by atoms with Crippen LogP contribution in [-0.2, 0) is 6.54 Å². The molecule has 0 bridgehead atoms. The highest BCUT2D eigenvalue weighted by atomic mass is 16.5. The SMILES string of the molecule is CCOc1ccc(NC(=O)N(C)Cc2ccccc2)cc1. The normalized spacial score (nSPS) is 10.0. The molecule has 0 unspecified atom stereocenters. The molecular weight excluding hydrogens is 264 g/mol. The lowest BCUT2D eigenvalue weighted by Gasteiger charge is -2.18. The van der Waals surface area contributed by atoms with Gasteiger partial charge in [-0.25, -0.2) is 4.79 Å². The smallest absolute Gasteiger partial charge is 0.321 e. The Hall–Kier alpha value is -2.49. The zero-order valence-corrected chi connectivity index (χ0v) is 12.4. The molecule has 0 saturated heterocycles. The second-order valence-corrected chi connectivity index (χ2v) is 4.73. The molecule has 0 saturated carbocycles. The second-order valence-electron chi connectivity index (χ2n) is 4.73. The van der Waals surface area contributed by atoms with Crippen LogP contribution in [0.15, 0.2) is 54.6 Å². The summed E-state index contributed by atoms with van der Waals surface area (Å²) < 4.78 is 5.37. The number of hydrogen-bond donors (Lipinski definition) is 1. The van der Waals surface area contributed by atoms with Gasteiger partial charge in [-0.15, -0.1) is 0 Å². The van der Waals surface area contributed by atoms with E-state index in [-0.39, 0.29) is 6.03 Å². The lowest BCUT2D eigenvalue weighted by molar-refractivity contribution is 0.220. The molecule has 2 aromatic rings. The van der Waals surface area contributed by atoms with E-state index in [1.54, 1.807) is 11.9 Å². The fourth-order valence-corrected chi connectivity index (χ4v) is 1.95. The quantitative estimate of drug-likeness (QED) is 0.908. The molecule has 0 aliphatic rings. The minimum atomic E-state index is -0.136. The van der Waals surface area contributed by atoms with Crippen molar-refractivity contribution in [1.82, 2.24) is 4.90 Å². The Labute approximate surface area is 125 Å². The molecule has 2 aromatic carbocycles. The number of carbonyl (C=O) groups is 1. The Morgan fingerprint density at radius 1 is 1.10 bits per heavy atom. The molecule has 0 fully saturated rings. The van der Waals surface area contributed by atoms with Gasteiger partial charge < -0.3 is 15.0 Å². The Morgan fingerprint density at radius 2 is 1.76 bits per heavy atom. The zero-order valence-electron chi connectivity index (χ0n) is 12.4. The molecule has 1 N–H and O–H groups in total. The number of nitrogens with one attached hydrogen (secondary N) is 1. The van der Waals surface area contributed by atoms with E-state index >= 15 is 0 Å². The van der Waals surface area contributed by atoms with Crippen LogP contribution in [0.5, 0.6) is 5.75 Å². The van der Waals surface area contributed by atoms with Gasteiger partial charge >= 0.3 is 6.03 Å². The van der Waals surface area contributed by atoms with Gasteiger partial charge in [-0.05, 0) is 36.8 Å². The van der Waals surface area contributed by atoms with Crippen molar-refractivity contribution >= 4 is 11.7 Å². The van der Waals surface area contributed by atoms with Gasteiger partial charge in [-0.3, -0.25) is 0 Å². The molecule has 0 aromatic heterocycles. The van der Waals surface area contributed by atoms with E-state index in [0.29, 0.717) is 13.2 Å². The monoisotopic (exact) mass is 284 g/mol. The molecule has 110 valence electrons. The van der Waals surface area contributed by atoms with Gasteiger partial charge in [0.25, 0.3) is 0 Å². The summed E-state index contributed by atoms with van der Waals surface area (Å²) in [6, 6.07) is 17.1. The number of rotatable bonds is 5. The fourth-order valence-electron chi connectivity index (χ4n) is 1.95. The van der Waals surface area contributed by atoms with E-state index in [1.807, 2.05) is 61.5 Å². The third-order valence-electron chi connectivity index (χ3n) is 3.03. The van der Waals surface area contributed by atoms with Gasteiger partial charge in [-0.2, -0.15) is 0 Å². The number of urea groups is 1. The average Bonchev–Trinajstić information content (AvgIpc) is 2.50. The molecule has 2 amide bonds. The Balaban J connectivity index is 1.91. The van der Waals surface area contributed by atoms with Crippen LogP contribution < -0.4 is 10.1 Å². The van der Waals surface area contributed by atoms with Crippen molar-refractivity contribution in [2.45, 2.75) is 13.5 Å². The van der Waals surface area contributed by atoms with E-state index in [2.05, 4.69) is 5.32 Å². The summed E-state index contributed by atoms with van der Waals surface area (Å²) in [5.74, 6) is 0.799. The standard InChI is InChI=1S/C17H20N2O2/c1-3-21-16-11-9-15(10-12-16)18-17(20)19(2)13-14-7-5-4-6-8-14/h4-12H,3,13H2,1-2H3,(H,18,20). The Morgan fingerprint density at radius 3 is 2.38 bits per heavy atom. The van der Waals surface area contributed by atoms with Crippen LogP contribution in [0.25, 0.3) is 0 Å². The lowest BCUT2D eigenvalue weighted by Crippen LogP contribution is -2.30. The number of carbonyl (C=O) groups excluding carboxylic acids is 1. The topological polar surface area (TPSA) is 41.6 Å². The predicted octanol–water partition coefficient (Wildman–Crippen LogP) is 3.75. The minimum absolute atomic E-state index is 0.136. The highest BCUT2D eigenvalue weighted by molar-refractivity contribution is 5.89. The van der Waals surface area contributed by atoms with E-state index in [9.17, 15) is 4.79 Å². The van der Waals surface area contributed by atoms with Crippen molar-refractivity contribution in [1.29, 1.82) is 0 Å². The highest BCUT2D eigenvalue weighted by Crippen LogP contribution is 2.16. The number of anilines is 1. The largest absolute Gasteiger partial charge is 0.494 e. The van der Waals surface area contributed by atoms with Crippen LogP contribution >= 0.6 is 0 Å². The van der Waals surface area contributed by atoms with Crippen molar-refractivity contribution in [3.05, 3.63) is 60.2 Å². The highest BCUT2D eigenvalue weighted by Gasteiger charge is 2.09. The van der Waals surface area contributed by atoms with Crippen LogP contribution in [-0.4, -0.2) is 24.6 Å². The molecule has 0 spiro atoms. The zero-order chi connectivity index (χ0) is 15.1. The number of hydrogen-bond acceptors (Lipinski definition) is 2. The van der Waals surface area contributed by atoms with Crippen molar-refractivity contribution in [3.63, 3.8) is 0 Å². The van der Waals surface area contributed by atoms with Crippen LogP contribution in [0.4, 0.5) is 10.5 Å². The summed E-state index contributed by atoms with van der Waals surface area (Å²) in [5.41, 5.74) is 1.85. The maximum absolute atomic E-state index is 12.1. The van der Waals surface area contributed by atoms with Gasteiger partial charge in [0.05, 0.1) is 6.61 Å². The van der Waals surface area contributed by atoms with E-state index in [0.717, 1.165) is 17.0 Å². The molecule has 21 heavy (non-hydrogen) atoms. The van der Waals surface area contributed by atoms with Crippen LogP contribution in [0.2, 0.25) is 0 Å². The lowest BCUT2D eigenvalue weighted by atomic mass is 10.2. The number of benzene rings is 2. The third kappa shape index (κ3) is 4.53. The van der Waals surface area contributed by atoms with Gasteiger partial charge in [-0.1, -0.05) is 30.3 Å². The van der Waals surface area contributed by atoms with E-state index in [1.165, 1.54) is 0 Å². The second kappa shape index (κ2) is 7.33. The van der Waals surface area contributed by atoms with Gasteiger partial charge in [0.2, 0.25) is 0 Å². The number of nitrogens with zero attached hydrogens (tertiary/aromatic N) is 1. The van der Waals surface area contributed by atoms with Gasteiger partial charge in [0.1, 0.15) is 5.75 Å². The van der Waals surface area contributed by atoms with Crippen LogP contribution in [0, 0.1) is 0 Å². The maximum atomic E-state index is 12.1. The third-order valence-corrected chi connectivity index (χ3v) is 3.03. The molecule has 4 heteroatoms. The van der Waals surface area contributed by atoms with Crippen LogP contribution in [0.1, 0.15) is 12.5 Å². The molecule has 0 aliphatic carbocycles. The first-order chi connectivity index (χ1) is 10.2. The summed E-state index contributed by atoms with van der Waals surface area (Å²) in [6.07, 6.45) is 0. The van der Waals surface area contributed by atoms with Crippen molar-refractivity contribution < 1.29 is 9.53 Å². The minimum Gasteiger partial charge on any atom is -0.494 e. The van der Waals surface area contributed by atoms with E-state index < -0.39 is 0 Å². The summed E-state index contributed by atoms with van der Waals surface area (Å²) in [6.45, 7) is 3.14. The average molecular weight is 284 g/mol. The molecular formula is C17H20N2O2. The summed E-state index contributed by atoms with van der Waals surface area (Å²) in [5, 5.41) is 2.86. The summed E-state index contributed by atoms with van der Waals surface area (Å²) in [7, 11) is 1.77. The first-order valence-corrected chi connectivity index (χ1v) is 6.98. The first-order valence-electron chi connectivity index (χ1n) is 6.98. The Bertz CT molecular complexity index is 567. The van der Waals surface area contributed by atoms with Crippen molar-refractivity contribution in [2.24, 2.45) is 0 Å². The molecule has 0 heterocycles. The first kappa shape index (κ1) is 14.9. The molecule has 0 radical (unpaired) electrons. The predicted molar refractivity (Wildman–Crippen MR) is 84.5 cm³/mol. The van der Waals surface area contributed by atoms with Crippen molar-refractivity contribution in [3.8, 4) is 5.75 Å². The van der Waals surface area contributed by atoms with Crippen LogP contribution in [0.3, 0.4) is 0 Å². The molecule has 2 rings (SSSR count). The molecule has 4 nitrogen and oxygen atoms in total. The molecule has 0 aliphatic heterocycles. The molecule has 0 atom stereocenters. The maximum Gasteiger partial charge on any atom is 0.321 e. The number of amides is 2. The summed E-state index contributed by atoms with van der Waals surface area (Å²) >= 11 is 0. The van der Waals surface area contributed by atoms with E-state index in [4.69, 9.17) is 4.74 Å². The number of ether oxygens (including phenoxy) is 1. The Kier molecular flexibility index (Phi) is 5.21. The van der Waals surface area contributed by atoms with Gasteiger partial charge in [0.15, 0.2) is 0 Å². The van der Waals surface area contributed by atoms with Crippen molar-refractivity contribution in [2.75, 3.05) is 19.0 Å². The fraction of sp³-hybridized carbons (Fsp3) is 0.235. The summed E-state index contributed by atoms with van der Waals surface area (Å²) in [4.78, 5) is 13.8.